The van der Waals surface area contributed by atoms with Gasteiger partial charge < -0.3 is 13.9 Å². The molecular formula is C28H45N3O9SSi. The number of benzene rings is 1. The van der Waals surface area contributed by atoms with Gasteiger partial charge in [-0.25, -0.2) is 13.2 Å². The standard InChI is InChI=1S/C28H45N3O9SSi/c1-11-16-38-31(41(35,36)25-15-13-12-14-23(25)30(33)34)24-18-29(26(32)40-27(2,3)4)22(17-21(24)19-37-8)20-39-42(9,10)28(5,6)7/h11-15,17,22,24H,1,16,18-20H2,2-10H3/t22?,24-/m1/s1. The van der Waals surface area contributed by atoms with Gasteiger partial charge in [0.15, 0.2) is 13.2 Å². The molecule has 0 aromatic heterocycles. The first-order valence-electron chi connectivity index (χ1n) is 13.6. The van der Waals surface area contributed by atoms with E-state index in [-0.39, 0.29) is 31.4 Å². The van der Waals surface area contributed by atoms with Crippen LogP contribution in [-0.4, -0.2) is 88.3 Å². The molecule has 0 saturated carbocycles. The Morgan fingerprint density at radius 1 is 1.21 bits per heavy atom. The van der Waals surface area contributed by atoms with Crippen LogP contribution < -0.4 is 0 Å². The van der Waals surface area contributed by atoms with Gasteiger partial charge in [0.05, 0.1) is 36.8 Å². The highest BCUT2D eigenvalue weighted by Crippen LogP contribution is 2.38. The van der Waals surface area contributed by atoms with Crippen LogP contribution in [0, 0.1) is 10.1 Å². The molecule has 12 nitrogen and oxygen atoms in total. The average molecular weight is 628 g/mol. The molecule has 1 unspecified atom stereocenters. The first-order valence-corrected chi connectivity index (χ1v) is 18.0. The van der Waals surface area contributed by atoms with E-state index in [9.17, 15) is 23.3 Å². The highest BCUT2D eigenvalue weighted by atomic mass is 32.2. The molecule has 2 rings (SSSR count). The van der Waals surface area contributed by atoms with Crippen LogP contribution in [-0.2, 0) is 28.8 Å². The fourth-order valence-electron chi connectivity index (χ4n) is 3.96. The number of carbonyl (C=O) groups excluding carboxylic acids is 1. The number of methoxy groups -OCH3 is 1. The van der Waals surface area contributed by atoms with Crippen molar-refractivity contribution >= 4 is 30.1 Å². The fourth-order valence-corrected chi connectivity index (χ4v) is 6.56. The molecule has 2 atom stereocenters. The summed E-state index contributed by atoms with van der Waals surface area (Å²) in [6.45, 7) is 19.1. The number of hydrogen-bond acceptors (Lipinski definition) is 9. The summed E-state index contributed by atoms with van der Waals surface area (Å²) in [4.78, 5) is 31.1. The van der Waals surface area contributed by atoms with Crippen LogP contribution in [0.25, 0.3) is 0 Å². The molecule has 0 bridgehead atoms. The Bertz CT molecular complexity index is 1270. The molecule has 1 amide bonds. The number of nitro groups is 1. The van der Waals surface area contributed by atoms with Crippen molar-refractivity contribution in [3.63, 3.8) is 0 Å². The van der Waals surface area contributed by atoms with E-state index in [0.29, 0.717) is 10.0 Å². The fraction of sp³-hybridized carbons (Fsp3) is 0.607. The number of hydroxylamine groups is 1. The molecule has 1 aliphatic heterocycles. The van der Waals surface area contributed by atoms with E-state index in [1.165, 1.54) is 30.2 Å². The lowest BCUT2D eigenvalue weighted by Crippen LogP contribution is -2.57. The molecular weight excluding hydrogens is 582 g/mol. The Morgan fingerprint density at radius 3 is 2.36 bits per heavy atom. The Hall–Kier alpha value is -2.62. The number of para-hydroxylation sites is 1. The van der Waals surface area contributed by atoms with Crippen molar-refractivity contribution in [2.24, 2.45) is 0 Å². The number of ether oxygens (including phenoxy) is 2. The van der Waals surface area contributed by atoms with Crippen LogP contribution in [0.15, 0.2) is 53.5 Å². The van der Waals surface area contributed by atoms with Crippen molar-refractivity contribution in [2.75, 3.05) is 33.5 Å². The summed E-state index contributed by atoms with van der Waals surface area (Å²) in [6, 6.07) is 3.30. The molecule has 0 spiro atoms. The zero-order valence-corrected chi connectivity index (χ0v) is 27.9. The summed E-state index contributed by atoms with van der Waals surface area (Å²) in [5, 5.41) is 11.7. The first kappa shape index (κ1) is 35.6. The van der Waals surface area contributed by atoms with Crippen molar-refractivity contribution in [3.05, 3.63) is 58.7 Å². The van der Waals surface area contributed by atoms with Gasteiger partial charge in [-0.15, -0.1) is 6.58 Å². The first-order chi connectivity index (χ1) is 19.3. The molecule has 1 aromatic rings. The molecule has 1 aromatic carbocycles. The van der Waals surface area contributed by atoms with Crippen LogP contribution in [0.3, 0.4) is 0 Å². The summed E-state index contributed by atoms with van der Waals surface area (Å²) in [6.07, 6.45) is 2.41. The lowest BCUT2D eigenvalue weighted by atomic mass is 9.99. The van der Waals surface area contributed by atoms with Gasteiger partial charge in [0, 0.05) is 19.7 Å². The van der Waals surface area contributed by atoms with Gasteiger partial charge in [-0.1, -0.05) is 49.5 Å². The number of nitro benzene ring substituents is 1. The number of nitrogens with zero attached hydrogens (tertiary/aromatic N) is 3. The average Bonchev–Trinajstić information content (AvgIpc) is 2.86. The van der Waals surface area contributed by atoms with Crippen LogP contribution in [0.2, 0.25) is 18.1 Å². The largest absolute Gasteiger partial charge is 0.444 e. The minimum atomic E-state index is -4.63. The van der Waals surface area contributed by atoms with Gasteiger partial charge in [-0.2, -0.15) is 0 Å². The second-order valence-corrected chi connectivity index (χ2v) is 19.1. The molecule has 0 radical (unpaired) electrons. The van der Waals surface area contributed by atoms with Crippen molar-refractivity contribution < 1.29 is 36.9 Å². The Morgan fingerprint density at radius 2 is 1.83 bits per heavy atom. The zero-order valence-electron chi connectivity index (χ0n) is 26.1. The van der Waals surface area contributed by atoms with E-state index in [1.54, 1.807) is 26.8 Å². The quantitative estimate of drug-likeness (QED) is 0.131. The van der Waals surface area contributed by atoms with Crippen LogP contribution in [0.4, 0.5) is 10.5 Å². The van der Waals surface area contributed by atoms with E-state index < -0.39 is 57.6 Å². The van der Waals surface area contributed by atoms with Gasteiger partial charge in [0.1, 0.15) is 5.60 Å². The molecule has 0 saturated heterocycles. The predicted molar refractivity (Wildman–Crippen MR) is 162 cm³/mol. The molecule has 236 valence electrons. The topological polar surface area (TPSA) is 138 Å². The number of sulfonamides is 1. The molecule has 0 aliphatic carbocycles. The number of rotatable bonds is 12. The molecule has 1 heterocycles. The van der Waals surface area contributed by atoms with E-state index in [4.69, 9.17) is 18.7 Å². The van der Waals surface area contributed by atoms with Crippen molar-refractivity contribution in [2.45, 2.75) is 82.3 Å². The van der Waals surface area contributed by atoms with Crippen molar-refractivity contribution in [1.82, 2.24) is 9.37 Å². The van der Waals surface area contributed by atoms with E-state index in [0.717, 1.165) is 12.1 Å². The Balaban J connectivity index is 2.70. The second kappa shape index (κ2) is 13.8. The highest BCUT2D eigenvalue weighted by Gasteiger charge is 2.45. The minimum absolute atomic E-state index is 0.00374. The normalized spacial score (nSPS) is 18.5. The van der Waals surface area contributed by atoms with E-state index in [2.05, 4.69) is 40.4 Å². The maximum Gasteiger partial charge on any atom is 0.410 e. The van der Waals surface area contributed by atoms with Gasteiger partial charge >= 0.3 is 6.09 Å². The summed E-state index contributed by atoms with van der Waals surface area (Å²) in [5.41, 5.74) is -0.946. The summed E-state index contributed by atoms with van der Waals surface area (Å²) >= 11 is 0. The van der Waals surface area contributed by atoms with Gasteiger partial charge in [0.25, 0.3) is 15.7 Å². The SMILES string of the molecule is C=CCON([C@@H]1CN(C(=O)OC(C)(C)C)C(CO[Si](C)(C)C(C)(C)C)C=C1COC)S(=O)(=O)c1ccccc1[N+](=O)[O-]. The maximum absolute atomic E-state index is 14.0. The predicted octanol–water partition coefficient (Wildman–Crippen LogP) is 5.29. The van der Waals surface area contributed by atoms with Gasteiger partial charge in [-0.05, 0) is 50.5 Å². The monoisotopic (exact) mass is 627 g/mol. The van der Waals surface area contributed by atoms with Gasteiger partial charge in [-0.3, -0.25) is 19.9 Å². The molecule has 1 aliphatic rings. The number of hydrogen-bond donors (Lipinski definition) is 0. The summed E-state index contributed by atoms with van der Waals surface area (Å²) in [7, 11) is -5.40. The van der Waals surface area contributed by atoms with Crippen molar-refractivity contribution in [3.8, 4) is 0 Å². The highest BCUT2D eigenvalue weighted by molar-refractivity contribution is 7.89. The molecule has 14 heteroatoms. The lowest BCUT2D eigenvalue weighted by molar-refractivity contribution is -0.388. The second-order valence-electron chi connectivity index (χ2n) is 12.5. The zero-order chi connectivity index (χ0) is 32.1. The molecule has 42 heavy (non-hydrogen) atoms. The Kier molecular flexibility index (Phi) is 11.7. The number of amides is 1. The Labute approximate surface area is 250 Å². The van der Waals surface area contributed by atoms with Crippen LogP contribution in [0.5, 0.6) is 0 Å². The van der Waals surface area contributed by atoms with E-state index in [1.807, 2.05) is 0 Å². The van der Waals surface area contributed by atoms with E-state index >= 15 is 0 Å². The smallest absolute Gasteiger partial charge is 0.410 e. The minimum Gasteiger partial charge on any atom is -0.444 e. The molecule has 0 fully saturated rings. The van der Waals surface area contributed by atoms with Crippen LogP contribution >= 0.6 is 0 Å². The third-order valence-electron chi connectivity index (χ3n) is 7.12. The maximum atomic E-state index is 14.0. The molecule has 0 N–H and O–H groups in total. The summed E-state index contributed by atoms with van der Waals surface area (Å²) in [5.74, 6) is 0. The third kappa shape index (κ3) is 8.71. The van der Waals surface area contributed by atoms with Gasteiger partial charge in [0.2, 0.25) is 0 Å². The van der Waals surface area contributed by atoms with Crippen LogP contribution in [0.1, 0.15) is 41.5 Å². The summed E-state index contributed by atoms with van der Waals surface area (Å²) < 4.78 is 46.3. The lowest BCUT2D eigenvalue weighted by Gasteiger charge is -2.43. The van der Waals surface area contributed by atoms with Crippen molar-refractivity contribution in [1.29, 1.82) is 0 Å². The third-order valence-corrected chi connectivity index (χ3v) is 13.4. The number of carbonyl (C=O) groups is 1.